The van der Waals surface area contributed by atoms with Crippen molar-refractivity contribution in [3.8, 4) is 17.2 Å². The first kappa shape index (κ1) is 17.3. The second-order valence-corrected chi connectivity index (χ2v) is 5.24. The summed E-state index contributed by atoms with van der Waals surface area (Å²) < 4.78 is 5.10. The molecule has 0 aliphatic heterocycles. The lowest BCUT2D eigenvalue weighted by Crippen LogP contribution is -2.17. The fourth-order valence-electron chi connectivity index (χ4n) is 2.12. The number of rotatable bonds is 7. The van der Waals surface area contributed by atoms with Crippen molar-refractivity contribution < 1.29 is 19.7 Å². The molecular weight excluding hydrogens is 308 g/mol. The number of phenolic OH excluding ortho intramolecular Hbond substituents is 2. The molecule has 0 spiro atoms. The molecule has 0 unspecified atom stereocenters. The van der Waals surface area contributed by atoms with Crippen molar-refractivity contribution in [1.82, 2.24) is 5.43 Å². The van der Waals surface area contributed by atoms with Gasteiger partial charge in [0, 0.05) is 18.1 Å². The highest BCUT2D eigenvalue weighted by molar-refractivity contribution is 5.85. The van der Waals surface area contributed by atoms with Gasteiger partial charge in [0.1, 0.15) is 17.2 Å². The number of hydrogen-bond donors (Lipinski definition) is 3. The second-order valence-electron chi connectivity index (χ2n) is 5.24. The van der Waals surface area contributed by atoms with Gasteiger partial charge in [-0.05, 0) is 42.7 Å². The topological polar surface area (TPSA) is 91.2 Å². The maximum Gasteiger partial charge on any atom is 0.240 e. The van der Waals surface area contributed by atoms with E-state index in [0.29, 0.717) is 18.4 Å². The Morgan fingerprint density at radius 3 is 2.62 bits per heavy atom. The predicted molar refractivity (Wildman–Crippen MR) is 91.4 cm³/mol. The summed E-state index contributed by atoms with van der Waals surface area (Å²) in [7, 11) is 1.62. The molecular formula is C18H20N2O4. The normalized spacial score (nSPS) is 10.7. The fraction of sp³-hybridized carbons (Fsp3) is 0.222. The minimum atomic E-state index is -0.196. The first-order valence-electron chi connectivity index (χ1n) is 7.55. The van der Waals surface area contributed by atoms with Crippen LogP contribution in [0.25, 0.3) is 0 Å². The SMILES string of the molecule is COc1ccc(CCCC(=O)N/N=C/c2ccc(O)cc2O)cc1. The van der Waals surface area contributed by atoms with E-state index in [4.69, 9.17) is 4.74 Å². The van der Waals surface area contributed by atoms with Gasteiger partial charge in [0.2, 0.25) is 5.91 Å². The Labute approximate surface area is 140 Å². The lowest BCUT2D eigenvalue weighted by molar-refractivity contribution is -0.121. The van der Waals surface area contributed by atoms with Crippen molar-refractivity contribution in [1.29, 1.82) is 0 Å². The van der Waals surface area contributed by atoms with Crippen molar-refractivity contribution in [3.63, 3.8) is 0 Å². The second kappa shape index (κ2) is 8.57. The van der Waals surface area contributed by atoms with Gasteiger partial charge in [-0.1, -0.05) is 12.1 Å². The lowest BCUT2D eigenvalue weighted by atomic mass is 10.1. The van der Waals surface area contributed by atoms with Crippen LogP contribution >= 0.6 is 0 Å². The molecule has 0 saturated carbocycles. The van der Waals surface area contributed by atoms with Gasteiger partial charge in [0.05, 0.1) is 13.3 Å². The number of hydrazone groups is 1. The molecule has 3 N–H and O–H groups in total. The molecule has 0 aliphatic rings. The summed E-state index contributed by atoms with van der Waals surface area (Å²) in [6, 6.07) is 11.9. The lowest BCUT2D eigenvalue weighted by Gasteiger charge is -2.03. The summed E-state index contributed by atoms with van der Waals surface area (Å²) in [6.45, 7) is 0. The first-order chi connectivity index (χ1) is 11.6. The van der Waals surface area contributed by atoms with Crippen molar-refractivity contribution in [2.75, 3.05) is 7.11 Å². The number of nitrogens with zero attached hydrogens (tertiary/aromatic N) is 1. The molecule has 24 heavy (non-hydrogen) atoms. The number of carbonyl (C=O) groups is 1. The van der Waals surface area contributed by atoms with Gasteiger partial charge >= 0.3 is 0 Å². The molecule has 6 heteroatoms. The minimum Gasteiger partial charge on any atom is -0.508 e. The summed E-state index contributed by atoms with van der Waals surface area (Å²) in [6.07, 6.45) is 3.18. The van der Waals surface area contributed by atoms with E-state index in [0.717, 1.165) is 17.7 Å². The minimum absolute atomic E-state index is 0.0350. The summed E-state index contributed by atoms with van der Waals surface area (Å²) in [5.74, 6) is 0.473. The quantitative estimate of drug-likeness (QED) is 0.538. The molecule has 2 aromatic carbocycles. The predicted octanol–water partition coefficient (Wildman–Crippen LogP) is 2.58. The zero-order valence-corrected chi connectivity index (χ0v) is 13.4. The molecule has 0 saturated heterocycles. The van der Waals surface area contributed by atoms with E-state index in [-0.39, 0.29) is 17.4 Å². The molecule has 2 rings (SSSR count). The monoisotopic (exact) mass is 328 g/mol. The average molecular weight is 328 g/mol. The molecule has 0 aliphatic carbocycles. The van der Waals surface area contributed by atoms with Crippen LogP contribution in [0.3, 0.4) is 0 Å². The Kier molecular flexibility index (Phi) is 6.19. The zero-order valence-electron chi connectivity index (χ0n) is 13.4. The zero-order chi connectivity index (χ0) is 17.4. The van der Waals surface area contributed by atoms with Crippen molar-refractivity contribution in [2.45, 2.75) is 19.3 Å². The van der Waals surface area contributed by atoms with Gasteiger partial charge < -0.3 is 14.9 Å². The molecule has 0 fully saturated rings. The summed E-state index contributed by atoms with van der Waals surface area (Å²) >= 11 is 0. The van der Waals surface area contributed by atoms with Crippen molar-refractivity contribution in [2.24, 2.45) is 5.10 Å². The molecule has 1 amide bonds. The van der Waals surface area contributed by atoms with E-state index in [1.165, 1.54) is 24.4 Å². The Morgan fingerprint density at radius 1 is 1.21 bits per heavy atom. The van der Waals surface area contributed by atoms with Crippen LogP contribution < -0.4 is 10.2 Å². The highest BCUT2D eigenvalue weighted by Gasteiger charge is 2.02. The van der Waals surface area contributed by atoms with Crippen LogP contribution in [0.2, 0.25) is 0 Å². The maximum absolute atomic E-state index is 11.7. The molecule has 0 aromatic heterocycles. The molecule has 0 radical (unpaired) electrons. The van der Waals surface area contributed by atoms with Gasteiger partial charge in [0.15, 0.2) is 0 Å². The number of aryl methyl sites for hydroxylation is 1. The van der Waals surface area contributed by atoms with Crippen LogP contribution in [0.4, 0.5) is 0 Å². The highest BCUT2D eigenvalue weighted by atomic mass is 16.5. The van der Waals surface area contributed by atoms with Crippen LogP contribution in [0.5, 0.6) is 17.2 Å². The molecule has 126 valence electrons. The number of ether oxygens (including phenoxy) is 1. The largest absolute Gasteiger partial charge is 0.508 e. The number of amides is 1. The van der Waals surface area contributed by atoms with Crippen molar-refractivity contribution in [3.05, 3.63) is 53.6 Å². The number of hydrogen-bond acceptors (Lipinski definition) is 5. The molecule has 2 aromatic rings. The van der Waals surface area contributed by atoms with Gasteiger partial charge in [-0.2, -0.15) is 5.10 Å². The van der Waals surface area contributed by atoms with E-state index in [2.05, 4.69) is 10.5 Å². The van der Waals surface area contributed by atoms with E-state index in [1.807, 2.05) is 24.3 Å². The Hall–Kier alpha value is -3.02. The van der Waals surface area contributed by atoms with E-state index < -0.39 is 0 Å². The number of aromatic hydroxyl groups is 2. The smallest absolute Gasteiger partial charge is 0.240 e. The van der Waals surface area contributed by atoms with Crippen molar-refractivity contribution >= 4 is 12.1 Å². The Balaban J connectivity index is 1.73. The number of benzene rings is 2. The standard InChI is InChI=1S/C18H20N2O4/c1-24-16-9-5-13(6-10-16)3-2-4-18(23)20-19-12-14-7-8-15(21)11-17(14)22/h5-12,21-22H,2-4H2,1H3,(H,20,23)/b19-12+. The third-order valence-electron chi connectivity index (χ3n) is 3.44. The number of nitrogens with one attached hydrogen (secondary N) is 1. The van der Waals surface area contributed by atoms with Gasteiger partial charge in [-0.3, -0.25) is 4.79 Å². The van der Waals surface area contributed by atoms with Crippen LogP contribution in [0.15, 0.2) is 47.6 Å². The number of phenols is 2. The fourth-order valence-corrected chi connectivity index (χ4v) is 2.12. The number of carbonyl (C=O) groups excluding carboxylic acids is 1. The van der Waals surface area contributed by atoms with E-state index in [9.17, 15) is 15.0 Å². The van der Waals surface area contributed by atoms with Crippen LogP contribution in [-0.4, -0.2) is 29.4 Å². The summed E-state index contributed by atoms with van der Waals surface area (Å²) in [4.78, 5) is 11.7. The first-order valence-corrected chi connectivity index (χ1v) is 7.55. The molecule has 0 atom stereocenters. The third kappa shape index (κ3) is 5.31. The van der Waals surface area contributed by atoms with Crippen LogP contribution in [0, 0.1) is 0 Å². The van der Waals surface area contributed by atoms with Gasteiger partial charge in [-0.15, -0.1) is 0 Å². The molecule has 6 nitrogen and oxygen atoms in total. The highest BCUT2D eigenvalue weighted by Crippen LogP contribution is 2.20. The summed E-state index contributed by atoms with van der Waals surface area (Å²) in [5, 5.41) is 22.6. The summed E-state index contributed by atoms with van der Waals surface area (Å²) in [5.41, 5.74) is 3.96. The average Bonchev–Trinajstić information content (AvgIpc) is 2.57. The number of methoxy groups -OCH3 is 1. The van der Waals surface area contributed by atoms with Crippen LogP contribution in [0.1, 0.15) is 24.0 Å². The molecule has 0 heterocycles. The third-order valence-corrected chi connectivity index (χ3v) is 3.44. The Morgan fingerprint density at radius 2 is 1.96 bits per heavy atom. The Bertz CT molecular complexity index is 711. The van der Waals surface area contributed by atoms with Crippen LogP contribution in [-0.2, 0) is 11.2 Å². The molecule has 0 bridgehead atoms. The van der Waals surface area contributed by atoms with E-state index >= 15 is 0 Å². The van der Waals surface area contributed by atoms with Gasteiger partial charge in [-0.25, -0.2) is 5.43 Å². The van der Waals surface area contributed by atoms with E-state index in [1.54, 1.807) is 7.11 Å². The van der Waals surface area contributed by atoms with Gasteiger partial charge in [0.25, 0.3) is 0 Å². The maximum atomic E-state index is 11.7.